The number of aryl methyl sites for hydroxylation is 2. The van der Waals surface area contributed by atoms with Crippen molar-refractivity contribution in [2.75, 3.05) is 86.6 Å². The summed E-state index contributed by atoms with van der Waals surface area (Å²) in [4.78, 5) is 26.5. The summed E-state index contributed by atoms with van der Waals surface area (Å²) < 4.78 is 8.04. The third kappa shape index (κ3) is 7.19. The minimum absolute atomic E-state index is 0.506. The quantitative estimate of drug-likeness (QED) is 0.186. The third-order valence-corrected chi connectivity index (χ3v) is 10.3. The molecule has 2 saturated heterocycles. The van der Waals surface area contributed by atoms with E-state index < -0.39 is 0 Å². The van der Waals surface area contributed by atoms with Crippen LogP contribution in [0, 0.1) is 0 Å². The molecule has 6 rings (SSSR count). The van der Waals surface area contributed by atoms with E-state index in [0.29, 0.717) is 12.0 Å². The largest absolute Gasteiger partial charge is 0.494 e. The molecule has 47 heavy (non-hydrogen) atoms. The minimum Gasteiger partial charge on any atom is -0.494 e. The Morgan fingerprint density at radius 3 is 2.36 bits per heavy atom. The van der Waals surface area contributed by atoms with Crippen molar-refractivity contribution in [2.24, 2.45) is 0 Å². The highest BCUT2D eigenvalue weighted by Crippen LogP contribution is 2.39. The molecule has 250 valence electrons. The maximum absolute atomic E-state index is 5.95. The molecule has 11 nitrogen and oxygen atoms in total. The molecule has 4 aromatic rings. The van der Waals surface area contributed by atoms with Gasteiger partial charge in [0.1, 0.15) is 17.1 Å². The molecule has 2 aromatic carbocycles. The fourth-order valence-electron chi connectivity index (χ4n) is 6.73. The third-order valence-electron chi connectivity index (χ3n) is 9.59. The van der Waals surface area contributed by atoms with Crippen LogP contribution in [0.15, 0.2) is 42.9 Å². The van der Waals surface area contributed by atoms with Gasteiger partial charge in [-0.2, -0.15) is 4.98 Å². The highest BCUT2D eigenvalue weighted by Gasteiger charge is 2.28. The topological polar surface area (TPSA) is 97.8 Å². The smallest absolute Gasteiger partial charge is 0.229 e. The summed E-state index contributed by atoms with van der Waals surface area (Å²) >= 11 is 1.62. The molecule has 2 fully saturated rings. The standard InChI is InChI=1S/C35H48N10OS/c1-7-24-21-29(31(46-5)22-30(24)45-15-11-26(12-16-45)44-19-17-42(3)18-20-44)40-35-38-23-25(8-2)34(41-35)39-28-10-9-27-32(37-14-13-36-27)33(28)43(4)47-6/h9-10,13-14,21-23,26H,7-8,11-12,15-20H2,1-6H3,(H2,38,39,40,41). The van der Waals surface area contributed by atoms with Gasteiger partial charge in [-0.05, 0) is 56.5 Å². The summed E-state index contributed by atoms with van der Waals surface area (Å²) in [5, 5.41) is 7.08. The predicted octanol–water partition coefficient (Wildman–Crippen LogP) is 5.97. The van der Waals surface area contributed by atoms with Gasteiger partial charge in [0.25, 0.3) is 0 Å². The number of piperazine rings is 1. The number of benzene rings is 2. The van der Waals surface area contributed by atoms with Crippen molar-refractivity contribution < 1.29 is 4.74 Å². The van der Waals surface area contributed by atoms with Crippen molar-refractivity contribution in [2.45, 2.75) is 45.6 Å². The summed E-state index contributed by atoms with van der Waals surface area (Å²) in [7, 11) is 5.99. The van der Waals surface area contributed by atoms with Gasteiger partial charge in [-0.25, -0.2) is 4.98 Å². The van der Waals surface area contributed by atoms with Gasteiger partial charge in [0.05, 0.1) is 29.7 Å². The van der Waals surface area contributed by atoms with Crippen LogP contribution in [0.2, 0.25) is 0 Å². The summed E-state index contributed by atoms with van der Waals surface area (Å²) in [5.41, 5.74) is 7.97. The van der Waals surface area contributed by atoms with Crippen LogP contribution >= 0.6 is 11.9 Å². The van der Waals surface area contributed by atoms with Crippen molar-refractivity contribution in [1.82, 2.24) is 29.7 Å². The van der Waals surface area contributed by atoms with Gasteiger partial charge in [-0.3, -0.25) is 14.9 Å². The number of rotatable bonds is 11. The SMILES string of the molecule is CCc1cc(Nc2ncc(CC)c(Nc3ccc4nccnc4c3N(C)SC)n2)c(OC)cc1N1CCC(N2CCN(C)CC2)CC1. The zero-order valence-corrected chi connectivity index (χ0v) is 29.4. The molecule has 4 heterocycles. The molecule has 0 atom stereocenters. The molecule has 0 amide bonds. The van der Waals surface area contributed by atoms with Gasteiger partial charge in [0.15, 0.2) is 0 Å². The van der Waals surface area contributed by atoms with Gasteiger partial charge >= 0.3 is 0 Å². The zero-order valence-electron chi connectivity index (χ0n) is 28.6. The molecule has 2 aliphatic heterocycles. The molecule has 0 radical (unpaired) electrons. The average molecular weight is 657 g/mol. The van der Waals surface area contributed by atoms with E-state index in [1.54, 1.807) is 31.5 Å². The molecule has 0 bridgehead atoms. The Labute approximate surface area is 283 Å². The Bertz CT molecular complexity index is 1670. The van der Waals surface area contributed by atoms with Crippen LogP contribution in [0.4, 0.5) is 34.5 Å². The molecule has 2 aliphatic rings. The molecule has 0 unspecified atom stereocenters. The van der Waals surface area contributed by atoms with Crippen molar-refractivity contribution >= 4 is 57.5 Å². The summed E-state index contributed by atoms with van der Waals surface area (Å²) in [6, 6.07) is 9.10. The van der Waals surface area contributed by atoms with E-state index in [4.69, 9.17) is 14.7 Å². The summed E-state index contributed by atoms with van der Waals surface area (Å²) in [5.74, 6) is 2.04. The number of nitrogens with one attached hydrogen (secondary N) is 2. The van der Waals surface area contributed by atoms with Crippen LogP contribution < -0.4 is 24.6 Å². The lowest BCUT2D eigenvalue weighted by Gasteiger charge is -2.43. The second kappa shape index (κ2) is 14.9. The Morgan fingerprint density at radius 1 is 0.915 bits per heavy atom. The Hall–Kier alpha value is -3.87. The maximum Gasteiger partial charge on any atom is 0.229 e. The lowest BCUT2D eigenvalue weighted by molar-refractivity contribution is 0.0982. The van der Waals surface area contributed by atoms with Gasteiger partial charge < -0.3 is 29.5 Å². The average Bonchev–Trinajstić information content (AvgIpc) is 3.11. The molecular weight excluding hydrogens is 609 g/mol. The summed E-state index contributed by atoms with van der Waals surface area (Å²) in [6.45, 7) is 11.2. The normalized spacial score (nSPS) is 16.4. The fourth-order valence-corrected chi connectivity index (χ4v) is 7.10. The lowest BCUT2D eigenvalue weighted by atomic mass is 9.99. The second-order valence-electron chi connectivity index (χ2n) is 12.3. The first-order valence-corrected chi connectivity index (χ1v) is 17.9. The van der Waals surface area contributed by atoms with E-state index >= 15 is 0 Å². The Kier molecular flexibility index (Phi) is 10.5. The van der Waals surface area contributed by atoms with Crippen molar-refractivity contribution in [3.8, 4) is 5.75 Å². The van der Waals surface area contributed by atoms with Crippen LogP contribution in [0.5, 0.6) is 5.75 Å². The van der Waals surface area contributed by atoms with Crippen LogP contribution in [0.25, 0.3) is 11.0 Å². The van der Waals surface area contributed by atoms with Crippen molar-refractivity contribution in [1.29, 1.82) is 0 Å². The number of likely N-dealkylation sites (N-methyl/N-ethyl adjacent to an activating group) is 1. The molecule has 0 saturated carbocycles. The maximum atomic E-state index is 5.95. The van der Waals surface area contributed by atoms with Crippen LogP contribution in [0.1, 0.15) is 37.8 Å². The van der Waals surface area contributed by atoms with E-state index in [-0.39, 0.29) is 0 Å². The van der Waals surface area contributed by atoms with E-state index in [9.17, 15) is 0 Å². The predicted molar refractivity (Wildman–Crippen MR) is 196 cm³/mol. The van der Waals surface area contributed by atoms with Crippen LogP contribution in [-0.4, -0.2) is 103 Å². The van der Waals surface area contributed by atoms with Gasteiger partial charge in [0, 0.05) is 94.5 Å². The van der Waals surface area contributed by atoms with Crippen LogP contribution in [0.3, 0.4) is 0 Å². The highest BCUT2D eigenvalue weighted by molar-refractivity contribution is 7.99. The van der Waals surface area contributed by atoms with Gasteiger partial charge in [0.2, 0.25) is 5.95 Å². The van der Waals surface area contributed by atoms with E-state index in [2.05, 4.69) is 72.6 Å². The Morgan fingerprint density at radius 2 is 1.66 bits per heavy atom. The second-order valence-corrected chi connectivity index (χ2v) is 13.2. The number of anilines is 6. The van der Waals surface area contributed by atoms with E-state index in [1.165, 1.54) is 50.3 Å². The molecule has 2 N–H and O–H groups in total. The molecular formula is C35H48N10OS. The minimum atomic E-state index is 0.506. The van der Waals surface area contributed by atoms with Gasteiger partial charge in [-0.1, -0.05) is 25.8 Å². The first kappa shape index (κ1) is 33.0. The number of hydrogen-bond donors (Lipinski definition) is 2. The monoisotopic (exact) mass is 656 g/mol. The fraction of sp³-hybridized carbons (Fsp3) is 0.486. The number of fused-ring (bicyclic) bond motifs is 1. The number of methoxy groups -OCH3 is 1. The van der Waals surface area contributed by atoms with Gasteiger partial charge in [-0.15, -0.1) is 0 Å². The first-order chi connectivity index (χ1) is 22.9. The summed E-state index contributed by atoms with van der Waals surface area (Å²) in [6.07, 6.45) is 11.5. The Balaban J connectivity index is 1.23. The lowest BCUT2D eigenvalue weighted by Crippen LogP contribution is -2.52. The number of hydrogen-bond acceptors (Lipinski definition) is 12. The van der Waals surface area contributed by atoms with Crippen LogP contribution in [-0.2, 0) is 12.8 Å². The van der Waals surface area contributed by atoms with Crippen molar-refractivity contribution in [3.63, 3.8) is 0 Å². The zero-order chi connectivity index (χ0) is 32.9. The van der Waals surface area contributed by atoms with E-state index in [1.807, 2.05) is 31.6 Å². The molecule has 12 heteroatoms. The number of ether oxygens (including phenoxy) is 1. The van der Waals surface area contributed by atoms with E-state index in [0.717, 1.165) is 71.2 Å². The number of aromatic nitrogens is 4. The van der Waals surface area contributed by atoms with Crippen molar-refractivity contribution in [3.05, 3.63) is 54.0 Å². The first-order valence-electron chi connectivity index (χ1n) is 16.7. The number of piperidine rings is 1. The molecule has 0 aliphatic carbocycles. The highest BCUT2D eigenvalue weighted by atomic mass is 32.2. The molecule has 2 aromatic heterocycles. The number of nitrogens with zero attached hydrogens (tertiary/aromatic N) is 8. The molecule has 0 spiro atoms.